The van der Waals surface area contributed by atoms with E-state index in [1.165, 1.54) is 0 Å². The van der Waals surface area contributed by atoms with Gasteiger partial charge in [0.2, 0.25) is 0 Å². The Labute approximate surface area is 98.4 Å². The van der Waals surface area contributed by atoms with Crippen molar-refractivity contribution in [1.29, 1.82) is 10.8 Å². The lowest BCUT2D eigenvalue weighted by atomic mass is 10.0. The molecule has 0 aliphatic rings. The van der Waals surface area contributed by atoms with Crippen molar-refractivity contribution in [3.05, 3.63) is 33.8 Å². The lowest BCUT2D eigenvalue weighted by Gasteiger charge is -2.13. The van der Waals surface area contributed by atoms with Crippen molar-refractivity contribution in [1.82, 2.24) is 5.32 Å². The van der Waals surface area contributed by atoms with Crippen molar-refractivity contribution in [3.8, 4) is 0 Å². The molecule has 1 aromatic rings. The zero-order chi connectivity index (χ0) is 11.4. The molecule has 0 spiro atoms. The van der Waals surface area contributed by atoms with Crippen molar-refractivity contribution in [2.24, 2.45) is 0 Å². The summed E-state index contributed by atoms with van der Waals surface area (Å²) in [6.07, 6.45) is 1.16. The highest BCUT2D eigenvalue weighted by Gasteiger charge is 2.14. The number of hydrogen-bond donors (Lipinski definition) is 3. The minimum absolute atomic E-state index is 0.258. The van der Waals surface area contributed by atoms with E-state index in [9.17, 15) is 0 Å². The molecule has 0 saturated heterocycles. The van der Waals surface area contributed by atoms with E-state index < -0.39 is 6.04 Å². The molecular formula is C10H11Cl2N3. The second-order valence-corrected chi connectivity index (χ2v) is 3.81. The summed E-state index contributed by atoms with van der Waals surface area (Å²) in [7, 11) is 1.69. The zero-order valence-electron chi connectivity index (χ0n) is 8.14. The molecule has 80 valence electrons. The lowest BCUT2D eigenvalue weighted by molar-refractivity contribution is 0.859. The lowest BCUT2D eigenvalue weighted by Crippen LogP contribution is -2.35. The van der Waals surface area contributed by atoms with Gasteiger partial charge in [0, 0.05) is 16.8 Å². The first-order valence-corrected chi connectivity index (χ1v) is 5.07. The summed E-state index contributed by atoms with van der Waals surface area (Å²) in [5, 5.41) is 18.8. The van der Waals surface area contributed by atoms with Crippen molar-refractivity contribution in [2.75, 3.05) is 7.05 Å². The predicted molar refractivity (Wildman–Crippen MR) is 64.9 cm³/mol. The Hall–Kier alpha value is -0.900. The van der Waals surface area contributed by atoms with Gasteiger partial charge in [-0.05, 0) is 19.2 Å². The Bertz CT molecular complexity index is 390. The Morgan fingerprint density at radius 2 is 2.13 bits per heavy atom. The molecule has 0 amide bonds. The molecule has 0 aliphatic heterocycles. The predicted octanol–water partition coefficient (Wildman–Crippen LogP) is 2.60. The van der Waals surface area contributed by atoms with Crippen molar-refractivity contribution < 1.29 is 0 Å². The summed E-state index contributed by atoms with van der Waals surface area (Å²) in [5.74, 6) is 0. The SMILES string of the molecule is CNC(C=N)C(=N)c1ccc(Cl)cc1Cl. The average molecular weight is 244 g/mol. The Balaban J connectivity index is 3.05. The molecule has 15 heavy (non-hydrogen) atoms. The van der Waals surface area contributed by atoms with Crippen LogP contribution in [0.25, 0.3) is 0 Å². The molecule has 0 heterocycles. The van der Waals surface area contributed by atoms with Gasteiger partial charge in [-0.3, -0.25) is 0 Å². The molecule has 0 aliphatic carbocycles. The molecule has 0 saturated carbocycles. The molecule has 3 nitrogen and oxygen atoms in total. The third kappa shape index (κ3) is 2.78. The van der Waals surface area contributed by atoms with Crippen LogP contribution in [0, 0.1) is 10.8 Å². The molecule has 1 atom stereocenters. The van der Waals surface area contributed by atoms with Crippen LogP contribution in [-0.2, 0) is 0 Å². The average Bonchev–Trinajstić information content (AvgIpc) is 2.19. The second-order valence-electron chi connectivity index (χ2n) is 2.97. The van der Waals surface area contributed by atoms with Crippen molar-refractivity contribution in [2.45, 2.75) is 6.04 Å². The number of nitrogens with one attached hydrogen (secondary N) is 3. The smallest absolute Gasteiger partial charge is 0.0844 e. The maximum atomic E-state index is 7.86. The maximum absolute atomic E-state index is 7.86. The van der Waals surface area contributed by atoms with E-state index >= 15 is 0 Å². The summed E-state index contributed by atoms with van der Waals surface area (Å²) >= 11 is 11.7. The number of rotatable bonds is 4. The van der Waals surface area contributed by atoms with Crippen LogP contribution >= 0.6 is 23.2 Å². The fourth-order valence-corrected chi connectivity index (χ4v) is 1.70. The van der Waals surface area contributed by atoms with Gasteiger partial charge in [0.05, 0.1) is 16.8 Å². The standard InChI is InChI=1S/C10H11Cl2N3/c1-15-9(5-13)10(14)7-3-2-6(11)4-8(7)12/h2-5,9,13-15H,1H3. The molecule has 1 unspecified atom stereocenters. The number of halogens is 2. The fraction of sp³-hybridized carbons (Fsp3) is 0.200. The highest BCUT2D eigenvalue weighted by Crippen LogP contribution is 2.21. The number of likely N-dealkylation sites (N-methyl/N-ethyl adjacent to an activating group) is 1. The van der Waals surface area contributed by atoms with Gasteiger partial charge in [-0.25, -0.2) is 0 Å². The summed E-state index contributed by atoms with van der Waals surface area (Å²) in [6, 6.07) is 4.52. The zero-order valence-corrected chi connectivity index (χ0v) is 9.65. The van der Waals surface area contributed by atoms with E-state index in [4.69, 9.17) is 34.0 Å². The number of benzene rings is 1. The first-order chi connectivity index (χ1) is 7.10. The molecule has 1 rings (SSSR count). The second kappa shape index (κ2) is 5.26. The molecule has 0 aromatic heterocycles. The third-order valence-corrected chi connectivity index (χ3v) is 2.56. The van der Waals surface area contributed by atoms with Crippen LogP contribution in [0.15, 0.2) is 18.2 Å². The first-order valence-electron chi connectivity index (χ1n) is 4.32. The van der Waals surface area contributed by atoms with Gasteiger partial charge in [0.1, 0.15) is 0 Å². The van der Waals surface area contributed by atoms with Crippen LogP contribution in [0.4, 0.5) is 0 Å². The topological polar surface area (TPSA) is 59.7 Å². The van der Waals surface area contributed by atoms with Crippen molar-refractivity contribution in [3.63, 3.8) is 0 Å². The first kappa shape index (κ1) is 12.2. The van der Waals surface area contributed by atoms with E-state index in [1.54, 1.807) is 25.2 Å². The van der Waals surface area contributed by atoms with Gasteiger partial charge >= 0.3 is 0 Å². The molecular weight excluding hydrogens is 233 g/mol. The van der Waals surface area contributed by atoms with Gasteiger partial charge in [0.15, 0.2) is 0 Å². The fourth-order valence-electron chi connectivity index (χ4n) is 1.19. The Kier molecular flexibility index (Phi) is 4.27. The van der Waals surface area contributed by atoms with E-state index in [1.807, 2.05) is 0 Å². The summed E-state index contributed by atoms with van der Waals surface area (Å²) in [6.45, 7) is 0. The van der Waals surface area contributed by atoms with Crippen LogP contribution in [0.5, 0.6) is 0 Å². The van der Waals surface area contributed by atoms with Gasteiger partial charge < -0.3 is 16.1 Å². The largest absolute Gasteiger partial charge is 0.311 e. The summed E-state index contributed by atoms with van der Waals surface area (Å²) in [4.78, 5) is 0. The maximum Gasteiger partial charge on any atom is 0.0844 e. The molecule has 0 fully saturated rings. The molecule has 0 bridgehead atoms. The minimum atomic E-state index is -0.427. The van der Waals surface area contributed by atoms with Gasteiger partial charge in [-0.15, -0.1) is 0 Å². The normalized spacial score (nSPS) is 12.2. The molecule has 5 heteroatoms. The van der Waals surface area contributed by atoms with E-state index in [2.05, 4.69) is 5.32 Å². The van der Waals surface area contributed by atoms with Crippen LogP contribution in [0.2, 0.25) is 10.0 Å². The summed E-state index contributed by atoms with van der Waals surface area (Å²) < 4.78 is 0. The molecule has 3 N–H and O–H groups in total. The Morgan fingerprint density at radius 3 is 2.60 bits per heavy atom. The highest BCUT2D eigenvalue weighted by molar-refractivity contribution is 6.37. The van der Waals surface area contributed by atoms with Crippen LogP contribution < -0.4 is 5.32 Å². The van der Waals surface area contributed by atoms with E-state index in [-0.39, 0.29) is 5.71 Å². The monoisotopic (exact) mass is 243 g/mol. The Morgan fingerprint density at radius 1 is 1.47 bits per heavy atom. The van der Waals surface area contributed by atoms with Gasteiger partial charge in [-0.2, -0.15) is 0 Å². The summed E-state index contributed by atoms with van der Waals surface area (Å²) in [5.41, 5.74) is 0.845. The number of hydrogen-bond acceptors (Lipinski definition) is 3. The molecule has 1 aromatic carbocycles. The minimum Gasteiger partial charge on any atom is -0.311 e. The van der Waals surface area contributed by atoms with Crippen LogP contribution in [0.1, 0.15) is 5.56 Å². The quantitative estimate of drug-likeness (QED) is 0.700. The molecule has 0 radical (unpaired) electrons. The third-order valence-electron chi connectivity index (χ3n) is 2.01. The van der Waals surface area contributed by atoms with Gasteiger partial charge in [-0.1, -0.05) is 29.3 Å². The van der Waals surface area contributed by atoms with Crippen LogP contribution in [-0.4, -0.2) is 25.0 Å². The van der Waals surface area contributed by atoms with Crippen molar-refractivity contribution >= 4 is 35.1 Å². The van der Waals surface area contributed by atoms with Gasteiger partial charge in [0.25, 0.3) is 0 Å². The van der Waals surface area contributed by atoms with E-state index in [0.29, 0.717) is 15.6 Å². The van der Waals surface area contributed by atoms with E-state index in [0.717, 1.165) is 6.21 Å². The van der Waals surface area contributed by atoms with Crippen LogP contribution in [0.3, 0.4) is 0 Å². The highest BCUT2D eigenvalue weighted by atomic mass is 35.5.